The highest BCUT2D eigenvalue weighted by Gasteiger charge is 2.17. The number of anilines is 1. The fraction of sp³-hybridized carbons (Fsp3) is 0.462. The van der Waals surface area contributed by atoms with Crippen LogP contribution in [0.15, 0.2) is 18.3 Å². The molecule has 20 heavy (non-hydrogen) atoms. The van der Waals surface area contributed by atoms with Crippen LogP contribution in [0.25, 0.3) is 0 Å². The van der Waals surface area contributed by atoms with E-state index in [0.717, 1.165) is 12.8 Å². The second-order valence-corrected chi connectivity index (χ2v) is 4.51. The van der Waals surface area contributed by atoms with Crippen LogP contribution in [0, 0.1) is 0 Å². The van der Waals surface area contributed by atoms with Crippen molar-refractivity contribution in [2.24, 2.45) is 0 Å². The molecule has 0 spiro atoms. The van der Waals surface area contributed by atoms with Crippen molar-refractivity contribution in [3.05, 3.63) is 24.0 Å². The van der Waals surface area contributed by atoms with Gasteiger partial charge in [0, 0.05) is 19.3 Å². The molecule has 1 amide bonds. The number of carbonyl (C=O) groups excluding carboxylic acids is 2. The van der Waals surface area contributed by atoms with Gasteiger partial charge in [-0.3, -0.25) is 4.79 Å². The van der Waals surface area contributed by atoms with Gasteiger partial charge in [-0.1, -0.05) is 0 Å². The molecule has 0 saturated carbocycles. The summed E-state index contributed by atoms with van der Waals surface area (Å²) in [6.07, 6.45) is 2.91. The van der Waals surface area contributed by atoms with Crippen LogP contribution < -0.4 is 11.1 Å². The van der Waals surface area contributed by atoms with E-state index >= 15 is 0 Å². The molecule has 1 aromatic rings. The first-order valence-corrected chi connectivity index (χ1v) is 6.41. The fourth-order valence-corrected chi connectivity index (χ4v) is 1.84. The highest BCUT2D eigenvalue weighted by atomic mass is 16.5. The molecule has 108 valence electrons. The van der Waals surface area contributed by atoms with Crippen molar-refractivity contribution in [1.29, 1.82) is 0 Å². The van der Waals surface area contributed by atoms with Crippen LogP contribution in [0.4, 0.5) is 5.69 Å². The second kappa shape index (κ2) is 6.85. The topological polar surface area (TPSA) is 104 Å². The Morgan fingerprint density at radius 1 is 1.40 bits per heavy atom. The summed E-state index contributed by atoms with van der Waals surface area (Å²) in [4.78, 5) is 27.1. The molecule has 0 atom stereocenters. The number of nitrogens with two attached hydrogens (primary N) is 1. The van der Waals surface area contributed by atoms with E-state index < -0.39 is 5.97 Å². The van der Waals surface area contributed by atoms with Gasteiger partial charge in [-0.15, -0.1) is 0 Å². The average Bonchev–Trinajstić information content (AvgIpc) is 2.46. The first kappa shape index (κ1) is 14.3. The number of nitrogens with one attached hydrogen (secondary N) is 1. The summed E-state index contributed by atoms with van der Waals surface area (Å²) in [5.41, 5.74) is 6.04. The van der Waals surface area contributed by atoms with Crippen LogP contribution in [0.5, 0.6) is 0 Å². The largest absolute Gasteiger partial charge is 0.451 e. The van der Waals surface area contributed by atoms with Gasteiger partial charge < -0.3 is 20.5 Å². The van der Waals surface area contributed by atoms with E-state index in [0.29, 0.717) is 18.9 Å². The van der Waals surface area contributed by atoms with Gasteiger partial charge >= 0.3 is 5.97 Å². The van der Waals surface area contributed by atoms with Gasteiger partial charge in [0.1, 0.15) is 5.69 Å². The van der Waals surface area contributed by atoms with E-state index in [2.05, 4.69) is 10.3 Å². The van der Waals surface area contributed by atoms with E-state index in [-0.39, 0.29) is 24.2 Å². The predicted molar refractivity (Wildman–Crippen MR) is 70.9 cm³/mol. The smallest absolute Gasteiger partial charge is 0.357 e. The van der Waals surface area contributed by atoms with Crippen LogP contribution in [0.3, 0.4) is 0 Å². The number of nitrogen functional groups attached to an aromatic ring is 1. The minimum absolute atomic E-state index is 0.0876. The molecule has 0 unspecified atom stereocenters. The minimum Gasteiger partial charge on any atom is -0.451 e. The maximum Gasteiger partial charge on any atom is 0.357 e. The van der Waals surface area contributed by atoms with Crippen molar-refractivity contribution in [1.82, 2.24) is 10.3 Å². The van der Waals surface area contributed by atoms with E-state index in [9.17, 15) is 9.59 Å². The lowest BCUT2D eigenvalue weighted by Gasteiger charge is -2.22. The first-order chi connectivity index (χ1) is 9.65. The molecule has 7 heteroatoms. The quantitative estimate of drug-likeness (QED) is 0.758. The molecule has 7 nitrogen and oxygen atoms in total. The Hall–Kier alpha value is -2.15. The van der Waals surface area contributed by atoms with Gasteiger partial charge in [0.15, 0.2) is 6.61 Å². The summed E-state index contributed by atoms with van der Waals surface area (Å²) < 4.78 is 10.1. The van der Waals surface area contributed by atoms with Crippen molar-refractivity contribution in [3.8, 4) is 0 Å². The normalized spacial score (nSPS) is 15.6. The van der Waals surface area contributed by atoms with Crippen molar-refractivity contribution < 1.29 is 19.1 Å². The van der Waals surface area contributed by atoms with E-state index in [1.54, 1.807) is 6.07 Å². The Balaban J connectivity index is 1.75. The molecule has 0 aliphatic carbocycles. The molecule has 1 aliphatic rings. The Kier molecular flexibility index (Phi) is 4.89. The Bertz CT molecular complexity index is 469. The molecule has 3 N–H and O–H groups in total. The third-order valence-corrected chi connectivity index (χ3v) is 2.92. The van der Waals surface area contributed by atoms with Gasteiger partial charge in [-0.2, -0.15) is 0 Å². The maximum atomic E-state index is 11.6. The predicted octanol–water partition coefficient (Wildman–Crippen LogP) is 0.116. The Morgan fingerprint density at radius 2 is 2.15 bits per heavy atom. The Labute approximate surface area is 116 Å². The Morgan fingerprint density at radius 3 is 2.80 bits per heavy atom. The third-order valence-electron chi connectivity index (χ3n) is 2.92. The van der Waals surface area contributed by atoms with E-state index in [4.69, 9.17) is 15.2 Å². The number of hydrogen-bond donors (Lipinski definition) is 2. The summed E-state index contributed by atoms with van der Waals surface area (Å²) in [6, 6.07) is 3.09. The number of pyridine rings is 1. The van der Waals surface area contributed by atoms with E-state index in [1.807, 2.05) is 0 Å². The van der Waals surface area contributed by atoms with Crippen molar-refractivity contribution >= 4 is 17.6 Å². The van der Waals surface area contributed by atoms with Crippen molar-refractivity contribution in [2.45, 2.75) is 18.9 Å². The zero-order chi connectivity index (χ0) is 14.4. The van der Waals surface area contributed by atoms with Gasteiger partial charge in [-0.25, -0.2) is 9.78 Å². The molecule has 0 bridgehead atoms. The molecule has 1 saturated heterocycles. The molecule has 2 rings (SSSR count). The van der Waals surface area contributed by atoms with Gasteiger partial charge in [-0.05, 0) is 25.0 Å². The van der Waals surface area contributed by atoms with E-state index in [1.165, 1.54) is 12.3 Å². The molecule has 2 heterocycles. The lowest BCUT2D eigenvalue weighted by molar-refractivity contribution is -0.125. The molecule has 0 aromatic carbocycles. The number of aromatic nitrogens is 1. The summed E-state index contributed by atoms with van der Waals surface area (Å²) in [5.74, 6) is -0.965. The molecular weight excluding hydrogens is 262 g/mol. The summed E-state index contributed by atoms with van der Waals surface area (Å²) >= 11 is 0. The lowest BCUT2D eigenvalue weighted by Crippen LogP contribution is -2.41. The van der Waals surface area contributed by atoms with Crippen molar-refractivity contribution in [2.75, 3.05) is 25.6 Å². The molecule has 1 aliphatic heterocycles. The summed E-state index contributed by atoms with van der Waals surface area (Å²) in [7, 11) is 0. The van der Waals surface area contributed by atoms with Crippen molar-refractivity contribution in [3.63, 3.8) is 0 Å². The van der Waals surface area contributed by atoms with Gasteiger partial charge in [0.25, 0.3) is 5.91 Å². The number of carbonyl (C=O) groups is 2. The second-order valence-electron chi connectivity index (χ2n) is 4.51. The van der Waals surface area contributed by atoms with Crippen LogP contribution in [-0.2, 0) is 14.3 Å². The van der Waals surface area contributed by atoms with Gasteiger partial charge in [0.05, 0.1) is 11.9 Å². The monoisotopic (exact) mass is 279 g/mol. The van der Waals surface area contributed by atoms with Crippen LogP contribution in [0.1, 0.15) is 23.3 Å². The zero-order valence-corrected chi connectivity index (χ0v) is 11.0. The maximum absolute atomic E-state index is 11.6. The SMILES string of the molecule is Nc1ccc(C(=O)OCC(=O)NC2CCOCC2)nc1. The molecule has 1 aromatic heterocycles. The molecular formula is C13H17N3O4. The van der Waals surface area contributed by atoms with Crippen LogP contribution in [-0.4, -0.2) is 42.7 Å². The van der Waals surface area contributed by atoms with Gasteiger partial charge in [0.2, 0.25) is 0 Å². The van der Waals surface area contributed by atoms with Crippen LogP contribution >= 0.6 is 0 Å². The number of ether oxygens (including phenoxy) is 2. The third kappa shape index (κ3) is 4.20. The number of rotatable bonds is 4. The fourth-order valence-electron chi connectivity index (χ4n) is 1.84. The summed E-state index contributed by atoms with van der Waals surface area (Å²) in [5, 5.41) is 2.80. The molecule has 1 fully saturated rings. The van der Waals surface area contributed by atoms with Crippen LogP contribution in [0.2, 0.25) is 0 Å². The average molecular weight is 279 g/mol. The summed E-state index contributed by atoms with van der Waals surface area (Å²) in [6.45, 7) is 0.961. The zero-order valence-electron chi connectivity index (χ0n) is 11.0. The number of amides is 1. The minimum atomic E-state index is -0.646. The highest BCUT2D eigenvalue weighted by molar-refractivity contribution is 5.89. The number of nitrogens with zero attached hydrogens (tertiary/aromatic N) is 1. The molecule has 0 radical (unpaired) electrons. The lowest BCUT2D eigenvalue weighted by atomic mass is 10.1. The first-order valence-electron chi connectivity index (χ1n) is 6.41. The highest BCUT2D eigenvalue weighted by Crippen LogP contribution is 2.06. The number of esters is 1. The number of hydrogen-bond acceptors (Lipinski definition) is 6. The standard InChI is InChI=1S/C13H17N3O4/c14-9-1-2-11(15-7-9)13(18)20-8-12(17)16-10-3-5-19-6-4-10/h1-2,7,10H,3-6,8,14H2,(H,16,17).